The molecule has 0 aliphatic carbocycles. The monoisotopic (exact) mass is 166 g/mol. The van der Waals surface area contributed by atoms with Gasteiger partial charge in [-0.05, 0) is 19.1 Å². The molecule has 0 unspecified atom stereocenters. The molecule has 1 aromatic rings. The Morgan fingerprint density at radius 2 is 2.50 bits per heavy atom. The number of rotatable bonds is 2. The first-order valence-electron chi connectivity index (χ1n) is 3.62. The second-order valence-electron chi connectivity index (χ2n) is 2.19. The second-order valence-corrected chi connectivity index (χ2v) is 2.19. The number of nitrogens with zero attached hydrogens (tertiary/aromatic N) is 1. The van der Waals surface area contributed by atoms with Crippen molar-refractivity contribution in [3.8, 4) is 0 Å². The molecule has 0 fully saturated rings. The lowest BCUT2D eigenvalue weighted by atomic mass is 10.3. The highest BCUT2D eigenvalue weighted by molar-refractivity contribution is 5.88. The average Bonchev–Trinajstić information content (AvgIpc) is 2.05. The van der Waals surface area contributed by atoms with Gasteiger partial charge < -0.3 is 10.5 Å². The van der Waals surface area contributed by atoms with Crippen molar-refractivity contribution in [2.24, 2.45) is 0 Å². The first kappa shape index (κ1) is 8.52. The van der Waals surface area contributed by atoms with Crippen molar-refractivity contribution < 1.29 is 9.53 Å². The van der Waals surface area contributed by atoms with Gasteiger partial charge in [0.1, 0.15) is 5.69 Å². The smallest absolute Gasteiger partial charge is 0.356 e. The number of pyridine rings is 1. The number of carbonyl (C=O) groups is 1. The standard InChI is InChI=1S/C8H10N2O2/c1-2-12-8(11)7-5-6(9)3-4-10-7/h3-5H,2H2,1H3,(H2,9,10). The Hall–Kier alpha value is -1.58. The summed E-state index contributed by atoms with van der Waals surface area (Å²) in [6.45, 7) is 2.08. The molecule has 0 aliphatic heterocycles. The number of ether oxygens (including phenoxy) is 1. The van der Waals surface area contributed by atoms with E-state index in [9.17, 15) is 4.79 Å². The number of nitrogen functional groups attached to an aromatic ring is 1. The molecular formula is C8H10N2O2. The fraction of sp³-hybridized carbons (Fsp3) is 0.250. The Labute approximate surface area is 70.4 Å². The van der Waals surface area contributed by atoms with Gasteiger partial charge in [-0.1, -0.05) is 0 Å². The largest absolute Gasteiger partial charge is 0.461 e. The van der Waals surface area contributed by atoms with Gasteiger partial charge in [0, 0.05) is 11.9 Å². The van der Waals surface area contributed by atoms with E-state index in [0.717, 1.165) is 0 Å². The van der Waals surface area contributed by atoms with Crippen LogP contribution in [0.1, 0.15) is 17.4 Å². The molecular weight excluding hydrogens is 156 g/mol. The minimum absolute atomic E-state index is 0.247. The summed E-state index contributed by atoms with van der Waals surface area (Å²) in [4.78, 5) is 14.9. The van der Waals surface area contributed by atoms with Crippen molar-refractivity contribution >= 4 is 11.7 Å². The van der Waals surface area contributed by atoms with Crippen LogP contribution in [0.25, 0.3) is 0 Å². The van der Waals surface area contributed by atoms with Crippen LogP contribution in [0.2, 0.25) is 0 Å². The van der Waals surface area contributed by atoms with Crippen LogP contribution in [-0.4, -0.2) is 17.6 Å². The van der Waals surface area contributed by atoms with Gasteiger partial charge >= 0.3 is 5.97 Å². The molecule has 0 radical (unpaired) electrons. The second kappa shape index (κ2) is 3.71. The zero-order valence-electron chi connectivity index (χ0n) is 6.78. The number of carbonyl (C=O) groups excluding carboxylic acids is 1. The van der Waals surface area contributed by atoms with Gasteiger partial charge in [-0.15, -0.1) is 0 Å². The number of hydrogen-bond acceptors (Lipinski definition) is 4. The summed E-state index contributed by atoms with van der Waals surface area (Å²) in [5.41, 5.74) is 6.20. The van der Waals surface area contributed by atoms with E-state index < -0.39 is 5.97 Å². The van der Waals surface area contributed by atoms with E-state index in [-0.39, 0.29) is 5.69 Å². The number of nitrogens with two attached hydrogens (primary N) is 1. The third-order valence-corrected chi connectivity index (χ3v) is 1.27. The lowest BCUT2D eigenvalue weighted by molar-refractivity contribution is 0.0519. The van der Waals surface area contributed by atoms with Crippen molar-refractivity contribution in [1.29, 1.82) is 0 Å². The highest BCUT2D eigenvalue weighted by atomic mass is 16.5. The third kappa shape index (κ3) is 1.95. The maximum atomic E-state index is 11.1. The van der Waals surface area contributed by atoms with Gasteiger partial charge in [0.05, 0.1) is 6.61 Å². The molecule has 4 heteroatoms. The highest BCUT2D eigenvalue weighted by Gasteiger charge is 2.06. The molecule has 2 N–H and O–H groups in total. The molecule has 64 valence electrons. The van der Waals surface area contributed by atoms with Crippen LogP contribution in [0.4, 0.5) is 5.69 Å². The lowest BCUT2D eigenvalue weighted by Gasteiger charge is -2.00. The predicted molar refractivity (Wildman–Crippen MR) is 44.6 cm³/mol. The Morgan fingerprint density at radius 1 is 1.75 bits per heavy atom. The molecule has 1 rings (SSSR count). The summed E-state index contributed by atoms with van der Waals surface area (Å²) in [7, 11) is 0. The minimum Gasteiger partial charge on any atom is -0.461 e. The topological polar surface area (TPSA) is 65.2 Å². The molecule has 0 amide bonds. The molecule has 4 nitrogen and oxygen atoms in total. The van der Waals surface area contributed by atoms with E-state index in [1.807, 2.05) is 0 Å². The van der Waals surface area contributed by atoms with Crippen molar-refractivity contribution in [3.63, 3.8) is 0 Å². The van der Waals surface area contributed by atoms with E-state index >= 15 is 0 Å². The van der Waals surface area contributed by atoms with Gasteiger partial charge in [-0.2, -0.15) is 0 Å². The van der Waals surface area contributed by atoms with Crippen molar-refractivity contribution in [2.45, 2.75) is 6.92 Å². The maximum Gasteiger partial charge on any atom is 0.356 e. The number of aromatic nitrogens is 1. The Bertz CT molecular complexity index is 286. The van der Waals surface area contributed by atoms with Gasteiger partial charge in [0.25, 0.3) is 0 Å². The molecule has 12 heavy (non-hydrogen) atoms. The summed E-state index contributed by atoms with van der Waals surface area (Å²) in [6.07, 6.45) is 1.47. The summed E-state index contributed by atoms with van der Waals surface area (Å²) < 4.78 is 4.73. The van der Waals surface area contributed by atoms with E-state index in [2.05, 4.69) is 4.98 Å². The molecule has 0 saturated carbocycles. The normalized spacial score (nSPS) is 9.42. The fourth-order valence-electron chi connectivity index (χ4n) is 0.764. The maximum absolute atomic E-state index is 11.1. The summed E-state index contributed by atoms with van der Waals surface area (Å²) in [6, 6.07) is 3.10. The zero-order chi connectivity index (χ0) is 8.97. The minimum atomic E-state index is -0.440. The van der Waals surface area contributed by atoms with Crippen LogP contribution < -0.4 is 5.73 Å². The first-order chi connectivity index (χ1) is 5.74. The Morgan fingerprint density at radius 3 is 3.08 bits per heavy atom. The van der Waals surface area contributed by atoms with Crippen molar-refractivity contribution in [1.82, 2.24) is 4.98 Å². The van der Waals surface area contributed by atoms with Gasteiger partial charge in [0.15, 0.2) is 0 Å². The van der Waals surface area contributed by atoms with Gasteiger partial charge in [-0.25, -0.2) is 9.78 Å². The molecule has 0 aliphatic rings. The first-order valence-corrected chi connectivity index (χ1v) is 3.62. The molecule has 0 spiro atoms. The number of esters is 1. The predicted octanol–water partition coefficient (Wildman–Crippen LogP) is 0.841. The fourth-order valence-corrected chi connectivity index (χ4v) is 0.764. The van der Waals surface area contributed by atoms with Crippen LogP contribution in [0.3, 0.4) is 0 Å². The Kier molecular flexibility index (Phi) is 2.63. The third-order valence-electron chi connectivity index (χ3n) is 1.27. The highest BCUT2D eigenvalue weighted by Crippen LogP contribution is 2.03. The van der Waals surface area contributed by atoms with Crippen LogP contribution >= 0.6 is 0 Å². The average molecular weight is 166 g/mol. The summed E-state index contributed by atoms with van der Waals surface area (Å²) in [5.74, 6) is -0.440. The number of hydrogen-bond donors (Lipinski definition) is 1. The van der Waals surface area contributed by atoms with E-state index in [1.165, 1.54) is 12.3 Å². The quantitative estimate of drug-likeness (QED) is 0.661. The van der Waals surface area contributed by atoms with E-state index in [1.54, 1.807) is 13.0 Å². The van der Waals surface area contributed by atoms with E-state index in [0.29, 0.717) is 12.3 Å². The van der Waals surface area contributed by atoms with Crippen LogP contribution in [0.15, 0.2) is 18.3 Å². The molecule has 1 heterocycles. The van der Waals surface area contributed by atoms with Crippen LogP contribution in [0.5, 0.6) is 0 Å². The molecule has 0 bridgehead atoms. The zero-order valence-corrected chi connectivity index (χ0v) is 6.78. The summed E-state index contributed by atoms with van der Waals surface area (Å²) >= 11 is 0. The number of anilines is 1. The lowest BCUT2D eigenvalue weighted by Crippen LogP contribution is -2.07. The van der Waals surface area contributed by atoms with Crippen LogP contribution in [0, 0.1) is 0 Å². The molecule has 0 saturated heterocycles. The SMILES string of the molecule is CCOC(=O)c1cc(N)ccn1. The summed E-state index contributed by atoms with van der Waals surface area (Å²) in [5, 5.41) is 0. The Balaban J connectivity index is 2.81. The van der Waals surface area contributed by atoms with Gasteiger partial charge in [-0.3, -0.25) is 0 Å². The van der Waals surface area contributed by atoms with Gasteiger partial charge in [0.2, 0.25) is 0 Å². The van der Waals surface area contributed by atoms with Crippen molar-refractivity contribution in [3.05, 3.63) is 24.0 Å². The molecule has 0 atom stereocenters. The molecule has 0 aromatic carbocycles. The van der Waals surface area contributed by atoms with E-state index in [4.69, 9.17) is 10.5 Å². The molecule has 1 aromatic heterocycles. The van der Waals surface area contributed by atoms with Crippen LogP contribution in [-0.2, 0) is 4.74 Å². The van der Waals surface area contributed by atoms with Crippen molar-refractivity contribution in [2.75, 3.05) is 12.3 Å².